The summed E-state index contributed by atoms with van der Waals surface area (Å²) in [6.45, 7) is 9.07. The van der Waals surface area contributed by atoms with E-state index >= 15 is 4.39 Å². The maximum absolute atomic E-state index is 16.8. The minimum absolute atomic E-state index is 0.0376. The summed E-state index contributed by atoms with van der Waals surface area (Å²) in [6, 6.07) is 7.66. The Balaban J connectivity index is 1.96. The van der Waals surface area contributed by atoms with Crippen molar-refractivity contribution in [1.82, 2.24) is 0 Å². The number of hydrogen-bond acceptors (Lipinski definition) is 9. The second-order valence-corrected chi connectivity index (χ2v) is 12.3. The van der Waals surface area contributed by atoms with Crippen molar-refractivity contribution in [2.75, 3.05) is 36.1 Å². The maximum Gasteiger partial charge on any atom is 0.201 e. The van der Waals surface area contributed by atoms with E-state index in [1.807, 2.05) is 20.8 Å². The summed E-state index contributed by atoms with van der Waals surface area (Å²) in [5.74, 6) is -1.87. The zero-order chi connectivity index (χ0) is 33.2. The Morgan fingerprint density at radius 1 is 0.696 bits per heavy atom. The van der Waals surface area contributed by atoms with Crippen LogP contribution < -0.4 is 20.1 Å². The van der Waals surface area contributed by atoms with Crippen molar-refractivity contribution < 1.29 is 33.7 Å². The molecule has 10 heteroatoms. The minimum atomic E-state index is -0.906. The van der Waals surface area contributed by atoms with Crippen LogP contribution >= 0.6 is 11.8 Å². The summed E-state index contributed by atoms with van der Waals surface area (Å²) in [5.41, 5.74) is -0.513. The number of thioether (sulfide) groups is 1. The Labute approximate surface area is 275 Å². The van der Waals surface area contributed by atoms with Crippen molar-refractivity contribution in [2.45, 2.75) is 84.0 Å². The molecule has 0 unspecified atom stereocenters. The average Bonchev–Trinajstić information content (AvgIpc) is 3.04. The molecule has 1 aliphatic rings. The molecule has 0 spiro atoms. The predicted octanol–water partition coefficient (Wildman–Crippen LogP) is 9.22. The highest BCUT2D eigenvalue weighted by molar-refractivity contribution is 7.99. The first-order valence-corrected chi connectivity index (χ1v) is 17.3. The monoisotopic (exact) mass is 652 g/mol. The van der Waals surface area contributed by atoms with Crippen LogP contribution in [-0.4, -0.2) is 47.3 Å². The number of aromatic hydroxyl groups is 2. The van der Waals surface area contributed by atoms with Crippen LogP contribution in [0.3, 0.4) is 0 Å². The number of unbranched alkanes of at least 4 members (excludes halogenated alkanes) is 6. The molecular weight excluding hydrogens is 607 g/mol. The van der Waals surface area contributed by atoms with Gasteiger partial charge in [-0.1, -0.05) is 58.4 Å². The molecular formula is C36H45FN2O6S. The summed E-state index contributed by atoms with van der Waals surface area (Å²) in [4.78, 5) is 28.5. The number of fused-ring (bicyclic) bond motifs is 2. The van der Waals surface area contributed by atoms with Crippen molar-refractivity contribution in [3.63, 3.8) is 0 Å². The van der Waals surface area contributed by atoms with Crippen LogP contribution in [0.4, 0.5) is 21.5 Å². The molecule has 3 aromatic carbocycles. The smallest absolute Gasteiger partial charge is 0.201 e. The number of anilines is 3. The minimum Gasteiger partial charge on any atom is -0.507 e. The number of nitrogens with one attached hydrogen (secondary N) is 2. The van der Waals surface area contributed by atoms with Crippen LogP contribution in [0.15, 0.2) is 35.2 Å². The molecule has 0 saturated carbocycles. The molecule has 4 N–H and O–H groups in total. The molecule has 0 aliphatic heterocycles. The van der Waals surface area contributed by atoms with Crippen LogP contribution in [-0.2, 0) is 0 Å². The highest BCUT2D eigenvalue weighted by atomic mass is 32.2. The van der Waals surface area contributed by atoms with Gasteiger partial charge in [0.1, 0.15) is 28.7 Å². The Kier molecular flexibility index (Phi) is 12.6. The highest BCUT2D eigenvalue weighted by Crippen LogP contribution is 2.50. The summed E-state index contributed by atoms with van der Waals surface area (Å²) in [6.07, 6.45) is 7.98. The Morgan fingerprint density at radius 2 is 1.26 bits per heavy atom. The number of benzene rings is 3. The second kappa shape index (κ2) is 16.6. The number of rotatable bonds is 18. The highest BCUT2D eigenvalue weighted by Gasteiger charge is 2.41. The number of carbonyl (C=O) groups excluding carboxylic acids is 2. The van der Waals surface area contributed by atoms with Gasteiger partial charge >= 0.3 is 0 Å². The predicted molar refractivity (Wildman–Crippen MR) is 183 cm³/mol. The van der Waals surface area contributed by atoms with Crippen molar-refractivity contribution in [3.05, 3.63) is 58.4 Å². The standard InChI is InChI=1S/C36H45FN2O6S/c1-5-9-11-12-13-14-21-46-36-29-28(34(42)26-22(40)18-19-23(41)27(26)35(29)43)30(37)32(38-20-10-6-2)33(36)39-31-24(44-7-3)16-15-17-25(31)45-8-4/h15-19,38-41H,5-14,20-21H2,1-4H3. The molecule has 0 bridgehead atoms. The number of para-hydroxylation sites is 1. The maximum atomic E-state index is 16.8. The lowest BCUT2D eigenvalue weighted by molar-refractivity contribution is 0.0968. The van der Waals surface area contributed by atoms with Crippen molar-refractivity contribution in [3.8, 4) is 23.0 Å². The zero-order valence-electron chi connectivity index (χ0n) is 27.2. The molecule has 4 rings (SSSR count). The van der Waals surface area contributed by atoms with Gasteiger partial charge in [0, 0.05) is 11.4 Å². The van der Waals surface area contributed by atoms with Gasteiger partial charge in [0.2, 0.25) is 5.78 Å². The zero-order valence-corrected chi connectivity index (χ0v) is 28.0. The molecule has 0 saturated heterocycles. The van der Waals surface area contributed by atoms with Gasteiger partial charge in [0.25, 0.3) is 0 Å². The van der Waals surface area contributed by atoms with Gasteiger partial charge in [0.05, 0.1) is 46.8 Å². The SMILES string of the molecule is CCCCCCCCSc1c(Nc2c(OCC)cccc2OCC)c(NCCCC)c(F)c2c1C(=O)c1c(O)ccc(O)c1C2=O. The lowest BCUT2D eigenvalue weighted by Crippen LogP contribution is -2.25. The van der Waals surface area contributed by atoms with Gasteiger partial charge in [-0.15, -0.1) is 11.8 Å². The molecule has 46 heavy (non-hydrogen) atoms. The van der Waals surface area contributed by atoms with Crippen molar-refractivity contribution >= 4 is 40.4 Å². The summed E-state index contributed by atoms with van der Waals surface area (Å²) >= 11 is 1.37. The van der Waals surface area contributed by atoms with E-state index in [0.717, 1.165) is 57.1 Å². The van der Waals surface area contributed by atoms with Gasteiger partial charge in [-0.05, 0) is 56.7 Å². The van der Waals surface area contributed by atoms with E-state index in [4.69, 9.17) is 9.47 Å². The van der Waals surface area contributed by atoms with E-state index in [1.165, 1.54) is 18.2 Å². The Morgan fingerprint density at radius 3 is 1.85 bits per heavy atom. The number of hydrogen-bond donors (Lipinski definition) is 4. The second-order valence-electron chi connectivity index (χ2n) is 11.2. The van der Waals surface area contributed by atoms with E-state index in [0.29, 0.717) is 47.6 Å². The van der Waals surface area contributed by atoms with E-state index in [2.05, 4.69) is 17.6 Å². The van der Waals surface area contributed by atoms with E-state index in [-0.39, 0.29) is 22.5 Å². The van der Waals surface area contributed by atoms with Gasteiger partial charge in [0.15, 0.2) is 11.6 Å². The van der Waals surface area contributed by atoms with Gasteiger partial charge < -0.3 is 30.3 Å². The van der Waals surface area contributed by atoms with Crippen LogP contribution in [0, 0.1) is 5.82 Å². The summed E-state index contributed by atoms with van der Waals surface area (Å²) in [7, 11) is 0. The third kappa shape index (κ3) is 7.38. The first kappa shape index (κ1) is 34.9. The summed E-state index contributed by atoms with van der Waals surface area (Å²) < 4.78 is 28.7. The van der Waals surface area contributed by atoms with Crippen LogP contribution in [0.25, 0.3) is 0 Å². The molecule has 1 aliphatic carbocycles. The topological polar surface area (TPSA) is 117 Å². The fourth-order valence-electron chi connectivity index (χ4n) is 5.60. The van der Waals surface area contributed by atoms with E-state index < -0.39 is 40.0 Å². The molecule has 248 valence electrons. The van der Waals surface area contributed by atoms with Crippen LogP contribution in [0.2, 0.25) is 0 Å². The van der Waals surface area contributed by atoms with Gasteiger partial charge in [-0.25, -0.2) is 4.39 Å². The lowest BCUT2D eigenvalue weighted by Gasteiger charge is -2.28. The fraction of sp³-hybridized carbons (Fsp3) is 0.444. The number of ether oxygens (including phenoxy) is 2. The van der Waals surface area contributed by atoms with Crippen LogP contribution in [0.1, 0.15) is 111 Å². The fourth-order valence-corrected chi connectivity index (χ4v) is 6.79. The normalized spacial score (nSPS) is 12.1. The number of phenolic OH excluding ortho intramolecular Hbond substituents is 2. The third-order valence-corrected chi connectivity index (χ3v) is 9.07. The Hall–Kier alpha value is -3.92. The van der Waals surface area contributed by atoms with Gasteiger partial charge in [-0.2, -0.15) is 0 Å². The quantitative estimate of drug-likeness (QED) is 0.0474. The molecule has 8 nitrogen and oxygen atoms in total. The molecule has 0 aromatic heterocycles. The lowest BCUT2D eigenvalue weighted by atomic mass is 9.82. The number of ketones is 2. The average molecular weight is 653 g/mol. The largest absolute Gasteiger partial charge is 0.507 e. The molecule has 0 heterocycles. The number of carbonyl (C=O) groups is 2. The van der Waals surface area contributed by atoms with Gasteiger partial charge in [-0.3, -0.25) is 9.59 Å². The number of halogens is 1. The third-order valence-electron chi connectivity index (χ3n) is 7.88. The van der Waals surface area contributed by atoms with E-state index in [1.54, 1.807) is 18.2 Å². The first-order chi connectivity index (χ1) is 22.3. The van der Waals surface area contributed by atoms with Crippen molar-refractivity contribution in [1.29, 1.82) is 0 Å². The number of phenols is 2. The molecule has 0 fully saturated rings. The molecule has 0 amide bonds. The Bertz CT molecular complexity index is 1540. The van der Waals surface area contributed by atoms with Crippen LogP contribution in [0.5, 0.6) is 23.0 Å². The molecule has 0 atom stereocenters. The van der Waals surface area contributed by atoms with Crippen molar-refractivity contribution in [2.24, 2.45) is 0 Å². The molecule has 3 aromatic rings. The van der Waals surface area contributed by atoms with E-state index in [9.17, 15) is 19.8 Å². The summed E-state index contributed by atoms with van der Waals surface area (Å²) in [5, 5.41) is 27.9. The first-order valence-electron chi connectivity index (χ1n) is 16.4. The molecule has 0 radical (unpaired) electrons.